The Hall–Kier alpha value is -1.66. The van der Waals surface area contributed by atoms with Crippen molar-refractivity contribution in [3.63, 3.8) is 0 Å². The summed E-state index contributed by atoms with van der Waals surface area (Å²) in [5.41, 5.74) is 6.70. The van der Waals surface area contributed by atoms with Crippen molar-refractivity contribution < 1.29 is 4.79 Å². The van der Waals surface area contributed by atoms with Crippen molar-refractivity contribution in [2.45, 2.75) is 18.9 Å². The topological polar surface area (TPSA) is 79.2 Å². The number of benzene rings is 1. The molecule has 2 heterocycles. The van der Waals surface area contributed by atoms with E-state index in [0.29, 0.717) is 24.2 Å². The van der Waals surface area contributed by atoms with Crippen LogP contribution < -0.4 is 11.3 Å². The van der Waals surface area contributed by atoms with Crippen molar-refractivity contribution in [1.82, 2.24) is 9.88 Å². The van der Waals surface area contributed by atoms with Gasteiger partial charge in [0, 0.05) is 35.1 Å². The largest absolute Gasteiger partial charge is 0.339 e. The SMILES string of the molecule is NC1CCN(C(=O)c2cc(=O)[nH]c3c(Br)cccc23)CC1. The molecular formula is C15H16BrN3O2. The third-order valence-electron chi connectivity index (χ3n) is 3.88. The number of nitrogens with zero attached hydrogens (tertiary/aromatic N) is 1. The van der Waals surface area contributed by atoms with Crippen LogP contribution in [0.25, 0.3) is 10.9 Å². The molecular weight excluding hydrogens is 334 g/mol. The Labute approximate surface area is 130 Å². The van der Waals surface area contributed by atoms with Gasteiger partial charge in [0.05, 0.1) is 11.1 Å². The van der Waals surface area contributed by atoms with E-state index in [2.05, 4.69) is 20.9 Å². The molecule has 1 aromatic carbocycles. The van der Waals surface area contributed by atoms with Gasteiger partial charge in [-0.05, 0) is 34.8 Å². The van der Waals surface area contributed by atoms with Crippen molar-refractivity contribution in [2.75, 3.05) is 13.1 Å². The highest BCUT2D eigenvalue weighted by molar-refractivity contribution is 9.10. The van der Waals surface area contributed by atoms with Gasteiger partial charge in [-0.1, -0.05) is 12.1 Å². The maximum absolute atomic E-state index is 12.7. The third kappa shape index (κ3) is 2.73. The van der Waals surface area contributed by atoms with Crippen LogP contribution in [-0.2, 0) is 0 Å². The molecule has 2 aromatic rings. The fourth-order valence-corrected chi connectivity index (χ4v) is 3.16. The zero-order chi connectivity index (χ0) is 15.0. The first-order valence-electron chi connectivity index (χ1n) is 6.92. The molecule has 3 rings (SSSR count). The number of aromatic nitrogens is 1. The summed E-state index contributed by atoms with van der Waals surface area (Å²) in [7, 11) is 0. The number of piperidine rings is 1. The molecule has 0 radical (unpaired) electrons. The Morgan fingerprint density at radius 2 is 2.05 bits per heavy atom. The van der Waals surface area contributed by atoms with Crippen LogP contribution in [0.3, 0.4) is 0 Å². The first-order chi connectivity index (χ1) is 10.1. The van der Waals surface area contributed by atoms with Crippen molar-refractivity contribution in [3.8, 4) is 0 Å². The zero-order valence-electron chi connectivity index (χ0n) is 11.4. The summed E-state index contributed by atoms with van der Waals surface area (Å²) in [5, 5.41) is 0.754. The van der Waals surface area contributed by atoms with Crippen molar-refractivity contribution >= 4 is 32.7 Å². The molecule has 0 saturated carbocycles. The van der Waals surface area contributed by atoms with Crippen LogP contribution in [0.5, 0.6) is 0 Å². The monoisotopic (exact) mass is 349 g/mol. The normalized spacial score (nSPS) is 16.4. The van der Waals surface area contributed by atoms with Gasteiger partial charge in [-0.2, -0.15) is 0 Å². The van der Waals surface area contributed by atoms with E-state index in [-0.39, 0.29) is 17.5 Å². The summed E-state index contributed by atoms with van der Waals surface area (Å²) in [6, 6.07) is 7.09. The number of fused-ring (bicyclic) bond motifs is 1. The number of carbonyl (C=O) groups excluding carboxylic acids is 1. The number of carbonyl (C=O) groups is 1. The quantitative estimate of drug-likeness (QED) is 0.824. The summed E-state index contributed by atoms with van der Waals surface area (Å²) in [6.45, 7) is 1.28. The van der Waals surface area contributed by atoms with E-state index in [1.807, 2.05) is 18.2 Å². The molecule has 1 fully saturated rings. The van der Waals surface area contributed by atoms with E-state index in [4.69, 9.17) is 5.73 Å². The maximum Gasteiger partial charge on any atom is 0.254 e. The summed E-state index contributed by atoms with van der Waals surface area (Å²) in [5.74, 6) is -0.101. The highest BCUT2D eigenvalue weighted by Crippen LogP contribution is 2.24. The zero-order valence-corrected chi connectivity index (χ0v) is 13.0. The molecule has 0 atom stereocenters. The summed E-state index contributed by atoms with van der Waals surface area (Å²) in [4.78, 5) is 29.1. The number of hydrogen-bond donors (Lipinski definition) is 2. The number of hydrogen-bond acceptors (Lipinski definition) is 3. The predicted octanol–water partition coefficient (Wildman–Crippen LogP) is 1.85. The predicted molar refractivity (Wildman–Crippen MR) is 85.4 cm³/mol. The van der Waals surface area contributed by atoms with Crippen LogP contribution in [0.2, 0.25) is 0 Å². The average Bonchev–Trinajstić information content (AvgIpc) is 2.47. The van der Waals surface area contributed by atoms with Crippen LogP contribution >= 0.6 is 15.9 Å². The Bertz CT molecular complexity index is 748. The van der Waals surface area contributed by atoms with Crippen molar-refractivity contribution in [3.05, 3.63) is 44.7 Å². The minimum absolute atomic E-state index is 0.101. The number of nitrogens with two attached hydrogens (primary N) is 1. The Morgan fingerprint density at radius 1 is 1.33 bits per heavy atom. The Morgan fingerprint density at radius 3 is 2.76 bits per heavy atom. The molecule has 0 aliphatic carbocycles. The molecule has 1 saturated heterocycles. The van der Waals surface area contributed by atoms with E-state index in [0.717, 1.165) is 22.7 Å². The van der Waals surface area contributed by atoms with Crippen LogP contribution in [0.1, 0.15) is 23.2 Å². The lowest BCUT2D eigenvalue weighted by Crippen LogP contribution is -2.43. The highest BCUT2D eigenvalue weighted by Gasteiger charge is 2.23. The van der Waals surface area contributed by atoms with E-state index in [1.54, 1.807) is 4.90 Å². The van der Waals surface area contributed by atoms with Gasteiger partial charge < -0.3 is 15.6 Å². The minimum Gasteiger partial charge on any atom is -0.339 e. The standard InChI is InChI=1S/C15H16BrN3O2/c16-12-3-1-2-10-11(8-13(20)18-14(10)12)15(21)19-6-4-9(17)5-7-19/h1-3,8-9H,4-7,17H2,(H,18,20). The molecule has 1 aliphatic rings. The molecule has 1 aliphatic heterocycles. The van der Waals surface area contributed by atoms with E-state index >= 15 is 0 Å². The lowest BCUT2D eigenvalue weighted by molar-refractivity contribution is 0.0716. The third-order valence-corrected chi connectivity index (χ3v) is 4.55. The molecule has 6 heteroatoms. The fourth-order valence-electron chi connectivity index (χ4n) is 2.69. The van der Waals surface area contributed by atoms with Crippen LogP contribution in [0.15, 0.2) is 33.5 Å². The number of para-hydroxylation sites is 1. The number of pyridine rings is 1. The van der Waals surface area contributed by atoms with Crippen LogP contribution in [-0.4, -0.2) is 34.9 Å². The molecule has 1 amide bonds. The second-order valence-electron chi connectivity index (χ2n) is 5.34. The highest BCUT2D eigenvalue weighted by atomic mass is 79.9. The molecule has 110 valence electrons. The number of aromatic amines is 1. The lowest BCUT2D eigenvalue weighted by Gasteiger charge is -2.30. The van der Waals surface area contributed by atoms with Gasteiger partial charge in [0.2, 0.25) is 5.56 Å². The van der Waals surface area contributed by atoms with E-state index in [1.165, 1.54) is 6.07 Å². The van der Waals surface area contributed by atoms with Crippen molar-refractivity contribution in [2.24, 2.45) is 5.73 Å². The van der Waals surface area contributed by atoms with E-state index < -0.39 is 0 Å². The van der Waals surface area contributed by atoms with Gasteiger partial charge in [0.25, 0.3) is 5.91 Å². The Kier molecular flexibility index (Phi) is 3.82. The van der Waals surface area contributed by atoms with E-state index in [9.17, 15) is 9.59 Å². The number of H-pyrrole nitrogens is 1. The smallest absolute Gasteiger partial charge is 0.254 e. The molecule has 0 unspecified atom stereocenters. The fraction of sp³-hybridized carbons (Fsp3) is 0.333. The minimum atomic E-state index is -0.272. The number of nitrogens with one attached hydrogen (secondary N) is 1. The summed E-state index contributed by atoms with van der Waals surface area (Å²) < 4.78 is 0.771. The first-order valence-corrected chi connectivity index (χ1v) is 7.72. The van der Waals surface area contributed by atoms with Gasteiger partial charge in [-0.3, -0.25) is 9.59 Å². The molecule has 21 heavy (non-hydrogen) atoms. The van der Waals surface area contributed by atoms with Gasteiger partial charge >= 0.3 is 0 Å². The molecule has 1 aromatic heterocycles. The second kappa shape index (κ2) is 5.61. The number of rotatable bonds is 1. The Balaban J connectivity index is 2.06. The number of likely N-dealkylation sites (tertiary alicyclic amines) is 1. The van der Waals surface area contributed by atoms with Gasteiger partial charge in [0.1, 0.15) is 0 Å². The van der Waals surface area contributed by atoms with Gasteiger partial charge in [-0.25, -0.2) is 0 Å². The average molecular weight is 350 g/mol. The maximum atomic E-state index is 12.7. The number of halogens is 1. The molecule has 3 N–H and O–H groups in total. The molecule has 0 spiro atoms. The second-order valence-corrected chi connectivity index (χ2v) is 6.19. The first kappa shape index (κ1) is 14.3. The molecule has 0 bridgehead atoms. The lowest BCUT2D eigenvalue weighted by atomic mass is 10.0. The van der Waals surface area contributed by atoms with Gasteiger partial charge in [-0.15, -0.1) is 0 Å². The molecule has 5 nitrogen and oxygen atoms in total. The number of amides is 1. The van der Waals surface area contributed by atoms with Crippen LogP contribution in [0.4, 0.5) is 0 Å². The van der Waals surface area contributed by atoms with Crippen molar-refractivity contribution in [1.29, 1.82) is 0 Å². The van der Waals surface area contributed by atoms with Crippen LogP contribution in [0, 0.1) is 0 Å². The summed E-state index contributed by atoms with van der Waals surface area (Å²) in [6.07, 6.45) is 1.60. The summed E-state index contributed by atoms with van der Waals surface area (Å²) >= 11 is 3.41. The van der Waals surface area contributed by atoms with Gasteiger partial charge in [0.15, 0.2) is 0 Å².